The van der Waals surface area contributed by atoms with Crippen molar-refractivity contribution in [2.45, 2.75) is 38.0 Å². The third-order valence-electron chi connectivity index (χ3n) is 6.71. The molecule has 0 atom stereocenters. The van der Waals surface area contributed by atoms with E-state index < -0.39 is 0 Å². The molecule has 0 saturated heterocycles. The van der Waals surface area contributed by atoms with Crippen LogP contribution in [-0.4, -0.2) is 64.7 Å². The van der Waals surface area contributed by atoms with Crippen LogP contribution in [0.4, 0.5) is 17.6 Å². The van der Waals surface area contributed by atoms with E-state index in [1.54, 1.807) is 13.3 Å². The minimum atomic E-state index is 0.409. The van der Waals surface area contributed by atoms with Gasteiger partial charge in [0.05, 0.1) is 13.3 Å². The van der Waals surface area contributed by atoms with Crippen molar-refractivity contribution < 1.29 is 14.2 Å². The first-order valence-corrected chi connectivity index (χ1v) is 13.5. The lowest BCUT2D eigenvalue weighted by Crippen LogP contribution is -2.17. The zero-order valence-corrected chi connectivity index (χ0v) is 23.7. The van der Waals surface area contributed by atoms with Gasteiger partial charge in [0.25, 0.3) is 0 Å². The van der Waals surface area contributed by atoms with Gasteiger partial charge in [-0.2, -0.15) is 15.1 Å². The molecule has 0 bridgehead atoms. The number of hydrogen-bond acceptors (Lipinski definition) is 9. The van der Waals surface area contributed by atoms with Crippen LogP contribution in [0.5, 0.6) is 17.2 Å². The van der Waals surface area contributed by atoms with Crippen LogP contribution < -0.4 is 29.4 Å². The maximum absolute atomic E-state index is 5.93. The normalized spacial score (nSPS) is 13.8. The Morgan fingerprint density at radius 2 is 1.62 bits per heavy atom. The molecule has 39 heavy (non-hydrogen) atoms. The number of anilines is 3. The van der Waals surface area contributed by atoms with Gasteiger partial charge in [-0.25, -0.2) is 0 Å². The van der Waals surface area contributed by atoms with Crippen molar-refractivity contribution in [2.24, 2.45) is 5.10 Å². The molecule has 4 rings (SSSR count). The predicted molar refractivity (Wildman–Crippen MR) is 158 cm³/mol. The standard InChI is InChI=1S/C30H40N6O3/c1-35(2)29-20-28(32-30(33-29)36(3)4)34-31-21-22-11-16-26(27(19-22)37-5)39-18-17-38-25-14-12-24(13-15-25)23-9-7-6-8-10-23/h11-16,19-21,23H,6-10,17-18H2,1-5H3,(H,32,33,34)/b31-21-. The molecule has 9 heteroatoms. The van der Waals surface area contributed by atoms with Crippen molar-refractivity contribution in [3.05, 3.63) is 59.7 Å². The molecule has 0 unspecified atom stereocenters. The van der Waals surface area contributed by atoms with Gasteiger partial charge in [-0.15, -0.1) is 0 Å². The number of hydrazone groups is 1. The average molecular weight is 533 g/mol. The lowest BCUT2D eigenvalue weighted by molar-refractivity contribution is 0.211. The Bertz CT molecular complexity index is 1200. The second-order valence-electron chi connectivity index (χ2n) is 10.1. The van der Waals surface area contributed by atoms with E-state index in [0.29, 0.717) is 42.4 Å². The van der Waals surface area contributed by atoms with Gasteiger partial charge >= 0.3 is 0 Å². The minimum Gasteiger partial charge on any atom is -0.493 e. The van der Waals surface area contributed by atoms with E-state index in [1.807, 2.05) is 62.3 Å². The molecule has 0 spiro atoms. The van der Waals surface area contributed by atoms with Crippen molar-refractivity contribution in [1.29, 1.82) is 0 Å². The number of aromatic nitrogens is 2. The number of nitrogens with one attached hydrogen (secondary N) is 1. The summed E-state index contributed by atoms with van der Waals surface area (Å²) in [6, 6.07) is 16.1. The first kappa shape index (κ1) is 28.0. The van der Waals surface area contributed by atoms with Crippen molar-refractivity contribution in [3.8, 4) is 17.2 Å². The SMILES string of the molecule is COc1cc(/C=N\Nc2cc(N(C)C)nc(N(C)C)n2)ccc1OCCOc1ccc(C2CCCCC2)cc1. The van der Waals surface area contributed by atoms with Crippen molar-refractivity contribution in [1.82, 2.24) is 9.97 Å². The van der Waals surface area contributed by atoms with Crippen LogP contribution >= 0.6 is 0 Å². The van der Waals surface area contributed by atoms with Crippen LogP contribution in [0, 0.1) is 0 Å². The molecular weight excluding hydrogens is 492 g/mol. The Kier molecular flexibility index (Phi) is 9.83. The predicted octanol–water partition coefficient (Wildman–Crippen LogP) is 5.57. The van der Waals surface area contributed by atoms with Crippen LogP contribution in [-0.2, 0) is 0 Å². The molecule has 2 aromatic carbocycles. The summed E-state index contributed by atoms with van der Waals surface area (Å²) in [4.78, 5) is 12.8. The number of hydrogen-bond donors (Lipinski definition) is 1. The summed E-state index contributed by atoms with van der Waals surface area (Å²) in [6.07, 6.45) is 8.36. The van der Waals surface area contributed by atoms with Crippen LogP contribution in [0.1, 0.15) is 49.1 Å². The fourth-order valence-corrected chi connectivity index (χ4v) is 4.55. The molecule has 1 heterocycles. The highest BCUT2D eigenvalue weighted by molar-refractivity contribution is 5.81. The lowest BCUT2D eigenvalue weighted by Gasteiger charge is -2.22. The summed E-state index contributed by atoms with van der Waals surface area (Å²) in [5, 5.41) is 4.34. The molecule has 0 amide bonds. The number of ether oxygens (including phenoxy) is 3. The molecule has 0 radical (unpaired) electrons. The summed E-state index contributed by atoms with van der Waals surface area (Å²) in [5.41, 5.74) is 5.28. The number of methoxy groups -OCH3 is 1. The van der Waals surface area contributed by atoms with Gasteiger partial charge in [0.15, 0.2) is 17.3 Å². The van der Waals surface area contributed by atoms with Gasteiger partial charge in [0.1, 0.15) is 24.8 Å². The summed E-state index contributed by atoms with van der Waals surface area (Å²) in [7, 11) is 9.30. The first-order valence-electron chi connectivity index (χ1n) is 13.5. The highest BCUT2D eigenvalue weighted by Crippen LogP contribution is 2.33. The van der Waals surface area contributed by atoms with Gasteiger partial charge in [-0.3, -0.25) is 5.43 Å². The Morgan fingerprint density at radius 1 is 0.872 bits per heavy atom. The zero-order valence-electron chi connectivity index (χ0n) is 23.7. The third kappa shape index (κ3) is 7.99. The van der Waals surface area contributed by atoms with Gasteiger partial charge in [-0.05, 0) is 60.2 Å². The Morgan fingerprint density at radius 3 is 2.31 bits per heavy atom. The molecule has 3 aromatic rings. The van der Waals surface area contributed by atoms with Crippen LogP contribution in [0.3, 0.4) is 0 Å². The highest BCUT2D eigenvalue weighted by Gasteiger charge is 2.15. The summed E-state index contributed by atoms with van der Waals surface area (Å²) in [6.45, 7) is 0.855. The highest BCUT2D eigenvalue weighted by atomic mass is 16.5. The van der Waals surface area contributed by atoms with E-state index in [0.717, 1.165) is 17.1 Å². The molecule has 1 N–H and O–H groups in total. The van der Waals surface area contributed by atoms with E-state index in [9.17, 15) is 0 Å². The summed E-state index contributed by atoms with van der Waals surface area (Å²) in [5.74, 6) is 4.83. The second-order valence-corrected chi connectivity index (χ2v) is 10.1. The van der Waals surface area contributed by atoms with Gasteiger partial charge in [0.2, 0.25) is 5.95 Å². The van der Waals surface area contributed by atoms with Crippen LogP contribution in [0.15, 0.2) is 53.6 Å². The Labute approximate surface area is 231 Å². The van der Waals surface area contributed by atoms with Gasteiger partial charge in [0, 0.05) is 34.3 Å². The summed E-state index contributed by atoms with van der Waals surface area (Å²) < 4.78 is 17.4. The van der Waals surface area contributed by atoms with Crippen molar-refractivity contribution in [2.75, 3.05) is 63.7 Å². The quantitative estimate of drug-likeness (QED) is 0.184. The van der Waals surface area contributed by atoms with Gasteiger partial charge in [-0.1, -0.05) is 31.4 Å². The van der Waals surface area contributed by atoms with Crippen LogP contribution in [0.25, 0.3) is 0 Å². The molecule has 1 saturated carbocycles. The molecule has 208 valence electrons. The lowest BCUT2D eigenvalue weighted by atomic mass is 9.84. The molecule has 9 nitrogen and oxygen atoms in total. The first-order chi connectivity index (χ1) is 18.9. The molecule has 1 fully saturated rings. The average Bonchev–Trinajstić information content (AvgIpc) is 2.96. The van der Waals surface area contributed by atoms with E-state index >= 15 is 0 Å². The maximum Gasteiger partial charge on any atom is 0.228 e. The Balaban J connectivity index is 1.28. The minimum absolute atomic E-state index is 0.409. The Hall–Kier alpha value is -4.01. The number of nitrogens with zero attached hydrogens (tertiary/aromatic N) is 5. The maximum atomic E-state index is 5.93. The van der Waals surface area contributed by atoms with E-state index in [-0.39, 0.29) is 0 Å². The topological polar surface area (TPSA) is 84.3 Å². The van der Waals surface area contributed by atoms with Crippen LogP contribution in [0.2, 0.25) is 0 Å². The zero-order chi connectivity index (χ0) is 27.6. The number of rotatable bonds is 12. The fraction of sp³-hybridized carbons (Fsp3) is 0.433. The third-order valence-corrected chi connectivity index (χ3v) is 6.71. The molecular formula is C30H40N6O3. The second kappa shape index (κ2) is 13.7. The van der Waals surface area contributed by atoms with E-state index in [4.69, 9.17) is 14.2 Å². The largest absolute Gasteiger partial charge is 0.493 e. The monoisotopic (exact) mass is 532 g/mol. The van der Waals surface area contributed by atoms with Crippen molar-refractivity contribution in [3.63, 3.8) is 0 Å². The van der Waals surface area contributed by atoms with E-state index in [2.05, 4.69) is 44.8 Å². The number of benzene rings is 2. The molecule has 1 aromatic heterocycles. The van der Waals surface area contributed by atoms with Crippen molar-refractivity contribution >= 4 is 23.8 Å². The smallest absolute Gasteiger partial charge is 0.228 e. The van der Waals surface area contributed by atoms with E-state index in [1.165, 1.54) is 37.7 Å². The van der Waals surface area contributed by atoms with Gasteiger partial charge < -0.3 is 24.0 Å². The molecule has 1 aliphatic rings. The fourth-order valence-electron chi connectivity index (χ4n) is 4.55. The summed E-state index contributed by atoms with van der Waals surface area (Å²) >= 11 is 0. The molecule has 1 aliphatic carbocycles. The molecule has 0 aliphatic heterocycles.